The summed E-state index contributed by atoms with van der Waals surface area (Å²) in [5.41, 5.74) is 0. The van der Waals surface area contributed by atoms with Crippen molar-refractivity contribution >= 4 is 13.5 Å². The Morgan fingerprint density at radius 1 is 1.20 bits per heavy atom. The number of amides is 1. The van der Waals surface area contributed by atoms with Crippen LogP contribution in [0.4, 0.5) is 12.9 Å². The first-order chi connectivity index (χ1) is 7.13. The van der Waals surface area contributed by atoms with Gasteiger partial charge in [-0.25, -0.2) is 0 Å². The number of carbonyl (C=O) groups is 1. The third-order valence-corrected chi connectivity index (χ3v) is 1.40. The van der Waals surface area contributed by atoms with Crippen LogP contribution in [-0.4, -0.2) is 25.0 Å². The van der Waals surface area contributed by atoms with E-state index >= 15 is 0 Å². The highest BCUT2D eigenvalue weighted by Gasteiger charge is 2.06. The van der Waals surface area contributed by atoms with Gasteiger partial charge in [-0.15, -0.1) is 0 Å². The zero-order chi connectivity index (χ0) is 11.5. The SMILES string of the molecule is FB(F)F.O=C1CCCN1.c1cc[nH]c1. The molecule has 7 heteroatoms. The van der Waals surface area contributed by atoms with E-state index in [9.17, 15) is 17.7 Å². The molecule has 1 aromatic heterocycles. The molecule has 0 atom stereocenters. The fourth-order valence-corrected chi connectivity index (χ4v) is 0.843. The third kappa shape index (κ3) is 12.6. The standard InChI is InChI=1S/C4H7NO.C4H5N.BF3/c6-4-2-1-3-5-4;1-2-4-5-3-1;2-1(3)4/h1-3H2,(H,5,6);1-5H;. The minimum absolute atomic E-state index is 0.204. The second-order valence-electron chi connectivity index (χ2n) is 2.59. The number of halogens is 3. The molecule has 0 spiro atoms. The summed E-state index contributed by atoms with van der Waals surface area (Å²) in [7, 11) is -3.67. The Bertz CT molecular complexity index is 216. The average Bonchev–Trinajstić information content (AvgIpc) is 2.75. The summed E-state index contributed by atoms with van der Waals surface area (Å²) in [5, 5.41) is 2.68. The van der Waals surface area contributed by atoms with Gasteiger partial charge in [-0.2, -0.15) is 0 Å². The van der Waals surface area contributed by atoms with Gasteiger partial charge in [-0.05, 0) is 18.6 Å². The van der Waals surface area contributed by atoms with E-state index in [4.69, 9.17) is 0 Å². The predicted molar refractivity (Wildman–Crippen MR) is 52.1 cm³/mol. The summed E-state index contributed by atoms with van der Waals surface area (Å²) in [6.45, 7) is 0.888. The quantitative estimate of drug-likeness (QED) is 0.643. The zero-order valence-corrected chi connectivity index (χ0v) is 8.05. The Morgan fingerprint density at radius 2 is 1.73 bits per heavy atom. The summed E-state index contributed by atoms with van der Waals surface area (Å²) in [6.07, 6.45) is 5.51. The van der Waals surface area contributed by atoms with E-state index in [1.807, 2.05) is 24.5 Å². The second-order valence-corrected chi connectivity index (χ2v) is 2.59. The van der Waals surface area contributed by atoms with Gasteiger partial charge in [0.2, 0.25) is 5.91 Å². The monoisotopic (exact) mass is 220 g/mol. The molecule has 1 aromatic rings. The molecule has 0 bridgehead atoms. The first kappa shape index (κ1) is 13.6. The van der Waals surface area contributed by atoms with Crippen LogP contribution in [0.5, 0.6) is 0 Å². The van der Waals surface area contributed by atoms with Crippen LogP contribution in [0.15, 0.2) is 24.5 Å². The lowest BCUT2D eigenvalue weighted by Gasteiger charge is -1.80. The smallest absolute Gasteiger partial charge is 0.368 e. The molecule has 84 valence electrons. The second kappa shape index (κ2) is 9.17. The minimum Gasteiger partial charge on any atom is -0.368 e. The molecule has 0 radical (unpaired) electrons. The van der Waals surface area contributed by atoms with E-state index in [-0.39, 0.29) is 5.91 Å². The van der Waals surface area contributed by atoms with Crippen molar-refractivity contribution in [3.8, 4) is 0 Å². The van der Waals surface area contributed by atoms with E-state index in [2.05, 4.69) is 10.3 Å². The molecule has 0 unspecified atom stereocenters. The number of hydrogen-bond donors (Lipinski definition) is 2. The summed E-state index contributed by atoms with van der Waals surface area (Å²) >= 11 is 0. The first-order valence-electron chi connectivity index (χ1n) is 4.39. The Morgan fingerprint density at radius 3 is 1.87 bits per heavy atom. The summed E-state index contributed by atoms with van der Waals surface area (Å²) in [6, 6.07) is 3.89. The van der Waals surface area contributed by atoms with Gasteiger partial charge in [0.25, 0.3) is 0 Å². The van der Waals surface area contributed by atoms with Gasteiger partial charge in [-0.3, -0.25) is 17.7 Å². The molecule has 0 aliphatic carbocycles. The van der Waals surface area contributed by atoms with Crippen LogP contribution in [0.25, 0.3) is 0 Å². The van der Waals surface area contributed by atoms with Crippen LogP contribution in [-0.2, 0) is 4.79 Å². The molecule has 1 amide bonds. The summed E-state index contributed by atoms with van der Waals surface area (Å²) in [4.78, 5) is 13.0. The number of aromatic nitrogens is 1. The van der Waals surface area contributed by atoms with Crippen molar-refractivity contribution in [3.63, 3.8) is 0 Å². The fraction of sp³-hybridized carbons (Fsp3) is 0.375. The maximum absolute atomic E-state index is 10.1. The van der Waals surface area contributed by atoms with E-state index in [0.29, 0.717) is 0 Å². The maximum Gasteiger partial charge on any atom is 0.762 e. The van der Waals surface area contributed by atoms with Gasteiger partial charge in [0.1, 0.15) is 0 Å². The van der Waals surface area contributed by atoms with E-state index in [0.717, 1.165) is 19.4 Å². The lowest BCUT2D eigenvalue weighted by molar-refractivity contribution is -0.119. The van der Waals surface area contributed by atoms with Gasteiger partial charge in [-0.1, -0.05) is 0 Å². The number of rotatable bonds is 0. The van der Waals surface area contributed by atoms with Gasteiger partial charge in [0.05, 0.1) is 0 Å². The number of H-pyrrole nitrogens is 1. The molecule has 1 aliphatic heterocycles. The van der Waals surface area contributed by atoms with E-state index in [1.54, 1.807) is 0 Å². The largest absolute Gasteiger partial charge is 0.762 e. The topological polar surface area (TPSA) is 44.9 Å². The van der Waals surface area contributed by atoms with Crippen LogP contribution in [0.3, 0.4) is 0 Å². The number of aromatic amines is 1. The number of nitrogens with one attached hydrogen (secondary N) is 2. The van der Waals surface area contributed by atoms with E-state index in [1.165, 1.54) is 0 Å². The van der Waals surface area contributed by atoms with Crippen LogP contribution in [0.2, 0.25) is 0 Å². The molecule has 1 saturated heterocycles. The minimum atomic E-state index is -3.67. The Hall–Kier alpha value is -1.40. The molecule has 2 rings (SSSR count). The van der Waals surface area contributed by atoms with Crippen molar-refractivity contribution in [2.45, 2.75) is 12.8 Å². The van der Waals surface area contributed by atoms with Gasteiger partial charge in [0.15, 0.2) is 0 Å². The third-order valence-electron chi connectivity index (χ3n) is 1.40. The van der Waals surface area contributed by atoms with Crippen molar-refractivity contribution in [1.29, 1.82) is 0 Å². The summed E-state index contributed by atoms with van der Waals surface area (Å²) < 4.78 is 29.0. The Labute approximate surface area is 86.3 Å². The highest BCUT2D eigenvalue weighted by Crippen LogP contribution is 1.93. The molecule has 2 N–H and O–H groups in total. The van der Waals surface area contributed by atoms with Crippen LogP contribution in [0.1, 0.15) is 12.8 Å². The molecular formula is C8H12BF3N2O. The average molecular weight is 220 g/mol. The van der Waals surface area contributed by atoms with Crippen molar-refractivity contribution < 1.29 is 17.7 Å². The van der Waals surface area contributed by atoms with Crippen molar-refractivity contribution in [3.05, 3.63) is 24.5 Å². The van der Waals surface area contributed by atoms with Crippen LogP contribution in [0, 0.1) is 0 Å². The molecule has 2 heterocycles. The highest BCUT2D eigenvalue weighted by molar-refractivity contribution is 6.33. The molecule has 1 fully saturated rings. The van der Waals surface area contributed by atoms with Crippen molar-refractivity contribution in [1.82, 2.24) is 10.3 Å². The van der Waals surface area contributed by atoms with Crippen molar-refractivity contribution in [2.75, 3.05) is 6.54 Å². The van der Waals surface area contributed by atoms with Crippen molar-refractivity contribution in [2.24, 2.45) is 0 Å². The molecule has 15 heavy (non-hydrogen) atoms. The molecule has 0 saturated carbocycles. The van der Waals surface area contributed by atoms with Gasteiger partial charge in [0, 0.05) is 25.4 Å². The predicted octanol–water partition coefficient (Wildman–Crippen LogP) is 1.79. The van der Waals surface area contributed by atoms with Crippen LogP contribution >= 0.6 is 0 Å². The number of carbonyl (C=O) groups excluding carboxylic acids is 1. The molecule has 0 aromatic carbocycles. The lowest BCUT2D eigenvalue weighted by atomic mass is 10.4. The Balaban J connectivity index is 0.000000202. The van der Waals surface area contributed by atoms with E-state index < -0.39 is 7.54 Å². The molecular weight excluding hydrogens is 208 g/mol. The maximum atomic E-state index is 10.1. The normalized spacial score (nSPS) is 12.9. The zero-order valence-electron chi connectivity index (χ0n) is 8.05. The Kier molecular flexibility index (Phi) is 8.32. The van der Waals surface area contributed by atoms with Crippen LogP contribution < -0.4 is 5.32 Å². The van der Waals surface area contributed by atoms with Gasteiger partial charge < -0.3 is 10.3 Å². The first-order valence-corrected chi connectivity index (χ1v) is 4.39. The lowest BCUT2D eigenvalue weighted by Crippen LogP contribution is -2.12. The molecule has 1 aliphatic rings. The highest BCUT2D eigenvalue weighted by atomic mass is 19.4. The molecule has 3 nitrogen and oxygen atoms in total. The van der Waals surface area contributed by atoms with Gasteiger partial charge >= 0.3 is 7.54 Å². The fourth-order valence-electron chi connectivity index (χ4n) is 0.843. The summed E-state index contributed by atoms with van der Waals surface area (Å²) in [5.74, 6) is 0.204. The number of hydrogen-bond acceptors (Lipinski definition) is 1.